The molecule has 2 heteroatoms. The summed E-state index contributed by atoms with van der Waals surface area (Å²) in [5.41, 5.74) is -0.464. The second kappa shape index (κ2) is 4.65. The summed E-state index contributed by atoms with van der Waals surface area (Å²) in [4.78, 5) is 0. The van der Waals surface area contributed by atoms with Gasteiger partial charge in [-0.05, 0) is 25.2 Å². The average Bonchev–Trinajstić information content (AvgIpc) is 2.03. The van der Waals surface area contributed by atoms with Crippen molar-refractivity contribution in [1.82, 2.24) is 0 Å². The molecule has 0 amide bonds. The molecular weight excluding hydrogens is 184 g/mol. The minimum atomic E-state index is -0.464. The molecule has 2 unspecified atom stereocenters. The third-order valence-electron chi connectivity index (χ3n) is 3.12. The lowest BCUT2D eigenvalue weighted by atomic mass is 9.72. The van der Waals surface area contributed by atoms with Crippen molar-refractivity contribution in [3.05, 3.63) is 0 Å². The smallest absolute Gasteiger partial charge is 0.0689 e. The van der Waals surface area contributed by atoms with E-state index in [4.69, 9.17) is 11.6 Å². The van der Waals surface area contributed by atoms with Gasteiger partial charge in [0.15, 0.2) is 0 Å². The van der Waals surface area contributed by atoms with Gasteiger partial charge >= 0.3 is 0 Å². The van der Waals surface area contributed by atoms with Crippen LogP contribution in [0.25, 0.3) is 0 Å². The Labute approximate surface area is 86.5 Å². The molecule has 0 aromatic heterocycles. The summed E-state index contributed by atoms with van der Waals surface area (Å²) in [6, 6.07) is 0. The number of alkyl halides is 1. The Kier molecular flexibility index (Phi) is 4.06. The molecule has 0 saturated heterocycles. The summed E-state index contributed by atoms with van der Waals surface area (Å²) < 4.78 is 0. The minimum absolute atomic E-state index is 0.324. The highest BCUT2D eigenvalue weighted by Gasteiger charge is 2.38. The van der Waals surface area contributed by atoms with Gasteiger partial charge in [-0.25, -0.2) is 0 Å². The Morgan fingerprint density at radius 3 is 2.69 bits per heavy atom. The second-order valence-electron chi connectivity index (χ2n) is 4.80. The quantitative estimate of drug-likeness (QED) is 0.701. The fourth-order valence-electron chi connectivity index (χ4n) is 2.49. The van der Waals surface area contributed by atoms with E-state index in [1.165, 1.54) is 6.42 Å². The van der Waals surface area contributed by atoms with E-state index in [1.54, 1.807) is 0 Å². The van der Waals surface area contributed by atoms with Gasteiger partial charge < -0.3 is 5.11 Å². The second-order valence-corrected chi connectivity index (χ2v) is 5.11. The molecular formula is C11H21ClO. The van der Waals surface area contributed by atoms with E-state index in [0.29, 0.717) is 17.7 Å². The van der Waals surface area contributed by atoms with Gasteiger partial charge in [0, 0.05) is 11.8 Å². The molecule has 0 aromatic rings. The zero-order valence-corrected chi connectivity index (χ0v) is 9.48. The van der Waals surface area contributed by atoms with E-state index in [-0.39, 0.29) is 0 Å². The molecule has 0 bridgehead atoms. The predicted molar refractivity (Wildman–Crippen MR) is 57.1 cm³/mol. The molecule has 0 spiro atoms. The molecule has 0 heterocycles. The molecule has 13 heavy (non-hydrogen) atoms. The normalized spacial score (nSPS) is 35.3. The standard InChI is InChI=1S/C11H21ClO/c1-9(2)7-11(13)6-4-3-5-10(11)8-12/h9-10,13H,3-8H2,1-2H3. The summed E-state index contributed by atoms with van der Waals surface area (Å²) in [7, 11) is 0. The summed E-state index contributed by atoms with van der Waals surface area (Å²) in [5, 5.41) is 10.4. The summed E-state index contributed by atoms with van der Waals surface area (Å²) >= 11 is 5.89. The molecule has 0 aromatic carbocycles. The van der Waals surface area contributed by atoms with Crippen LogP contribution in [0.5, 0.6) is 0 Å². The van der Waals surface area contributed by atoms with Crippen LogP contribution in [0, 0.1) is 11.8 Å². The first-order chi connectivity index (χ1) is 6.08. The minimum Gasteiger partial charge on any atom is -0.390 e. The van der Waals surface area contributed by atoms with Crippen molar-refractivity contribution in [2.24, 2.45) is 11.8 Å². The van der Waals surface area contributed by atoms with Crippen LogP contribution in [0.15, 0.2) is 0 Å². The van der Waals surface area contributed by atoms with Gasteiger partial charge in [0.05, 0.1) is 5.60 Å². The maximum absolute atomic E-state index is 10.4. The first-order valence-electron chi connectivity index (χ1n) is 5.37. The van der Waals surface area contributed by atoms with Crippen molar-refractivity contribution < 1.29 is 5.11 Å². The van der Waals surface area contributed by atoms with Crippen LogP contribution < -0.4 is 0 Å². The van der Waals surface area contributed by atoms with E-state index in [0.717, 1.165) is 25.7 Å². The molecule has 0 aliphatic heterocycles. The van der Waals surface area contributed by atoms with Crippen molar-refractivity contribution in [3.8, 4) is 0 Å². The van der Waals surface area contributed by atoms with E-state index in [9.17, 15) is 5.11 Å². The van der Waals surface area contributed by atoms with Crippen molar-refractivity contribution >= 4 is 11.6 Å². The number of hydrogen-bond donors (Lipinski definition) is 1. The monoisotopic (exact) mass is 204 g/mol. The number of aliphatic hydroxyl groups is 1. The largest absolute Gasteiger partial charge is 0.390 e. The maximum Gasteiger partial charge on any atom is 0.0689 e. The molecule has 1 fully saturated rings. The fraction of sp³-hybridized carbons (Fsp3) is 1.00. The van der Waals surface area contributed by atoms with Crippen LogP contribution in [0.3, 0.4) is 0 Å². The SMILES string of the molecule is CC(C)CC1(O)CCCCC1CCl. The number of hydrogen-bond acceptors (Lipinski definition) is 1. The summed E-state index contributed by atoms with van der Waals surface area (Å²) in [6.07, 6.45) is 5.36. The van der Waals surface area contributed by atoms with Gasteiger partial charge in [-0.2, -0.15) is 0 Å². The molecule has 1 aliphatic rings. The molecule has 2 atom stereocenters. The van der Waals surface area contributed by atoms with Gasteiger partial charge in [-0.3, -0.25) is 0 Å². The Morgan fingerprint density at radius 1 is 1.46 bits per heavy atom. The van der Waals surface area contributed by atoms with Gasteiger partial charge in [0.25, 0.3) is 0 Å². The molecule has 1 N–H and O–H groups in total. The highest BCUT2D eigenvalue weighted by atomic mass is 35.5. The first-order valence-corrected chi connectivity index (χ1v) is 5.90. The molecule has 1 rings (SSSR count). The lowest BCUT2D eigenvalue weighted by Gasteiger charge is -2.40. The highest BCUT2D eigenvalue weighted by Crippen LogP contribution is 2.38. The number of rotatable bonds is 3. The lowest BCUT2D eigenvalue weighted by Crippen LogP contribution is -2.42. The Hall–Kier alpha value is 0.250. The third-order valence-corrected chi connectivity index (χ3v) is 3.49. The van der Waals surface area contributed by atoms with Crippen molar-refractivity contribution in [2.75, 3.05) is 5.88 Å². The van der Waals surface area contributed by atoms with Crippen LogP contribution in [0.1, 0.15) is 46.0 Å². The molecule has 78 valence electrons. The predicted octanol–water partition coefficient (Wildman–Crippen LogP) is 3.19. The molecule has 1 saturated carbocycles. The zero-order chi connectivity index (χ0) is 9.90. The maximum atomic E-state index is 10.4. The van der Waals surface area contributed by atoms with E-state index < -0.39 is 5.60 Å². The molecule has 0 radical (unpaired) electrons. The van der Waals surface area contributed by atoms with E-state index in [2.05, 4.69) is 13.8 Å². The van der Waals surface area contributed by atoms with Gasteiger partial charge in [0.2, 0.25) is 0 Å². The Bertz CT molecular complexity index is 158. The van der Waals surface area contributed by atoms with E-state index >= 15 is 0 Å². The van der Waals surface area contributed by atoms with Crippen LogP contribution in [-0.4, -0.2) is 16.6 Å². The van der Waals surface area contributed by atoms with Gasteiger partial charge in [0.1, 0.15) is 0 Å². The van der Waals surface area contributed by atoms with Crippen molar-refractivity contribution in [1.29, 1.82) is 0 Å². The highest BCUT2D eigenvalue weighted by molar-refractivity contribution is 6.18. The van der Waals surface area contributed by atoms with E-state index in [1.807, 2.05) is 0 Å². The first kappa shape index (κ1) is 11.3. The summed E-state index contributed by atoms with van der Waals surface area (Å²) in [5.74, 6) is 1.50. The number of halogens is 1. The van der Waals surface area contributed by atoms with Crippen LogP contribution >= 0.6 is 11.6 Å². The van der Waals surface area contributed by atoms with Gasteiger partial charge in [-0.15, -0.1) is 11.6 Å². The lowest BCUT2D eigenvalue weighted by molar-refractivity contribution is -0.0551. The fourth-order valence-corrected chi connectivity index (χ4v) is 2.93. The summed E-state index contributed by atoms with van der Waals surface area (Å²) in [6.45, 7) is 4.33. The third kappa shape index (κ3) is 2.85. The average molecular weight is 205 g/mol. The van der Waals surface area contributed by atoms with Crippen LogP contribution in [0.4, 0.5) is 0 Å². The molecule has 1 nitrogen and oxygen atoms in total. The Morgan fingerprint density at radius 2 is 2.15 bits per heavy atom. The Balaban J connectivity index is 2.59. The van der Waals surface area contributed by atoms with Crippen LogP contribution in [0.2, 0.25) is 0 Å². The van der Waals surface area contributed by atoms with Crippen LogP contribution in [-0.2, 0) is 0 Å². The zero-order valence-electron chi connectivity index (χ0n) is 8.72. The topological polar surface area (TPSA) is 20.2 Å². The molecule has 1 aliphatic carbocycles. The van der Waals surface area contributed by atoms with Crippen molar-refractivity contribution in [2.45, 2.75) is 51.6 Å². The van der Waals surface area contributed by atoms with Gasteiger partial charge in [-0.1, -0.05) is 26.7 Å². The van der Waals surface area contributed by atoms with Crippen molar-refractivity contribution in [3.63, 3.8) is 0 Å².